The van der Waals surface area contributed by atoms with Crippen molar-refractivity contribution in [2.24, 2.45) is 0 Å². The molecule has 7 unspecified atom stereocenters. The Morgan fingerprint density at radius 1 is 0.457 bits per heavy atom. The molecule has 0 radical (unpaired) electrons. The maximum atomic E-state index is 13.0. The van der Waals surface area contributed by atoms with Crippen molar-refractivity contribution in [3.8, 4) is 0 Å². The first-order chi connectivity index (χ1) is 39.7. The summed E-state index contributed by atoms with van der Waals surface area (Å²) in [6.07, 6.45) is 66.8. The van der Waals surface area contributed by atoms with E-state index in [4.69, 9.17) is 14.2 Å². The fourth-order valence-corrected chi connectivity index (χ4v) is 10.7. The van der Waals surface area contributed by atoms with Crippen molar-refractivity contribution in [2.45, 2.75) is 365 Å². The molecule has 1 saturated heterocycles. The van der Waals surface area contributed by atoms with Crippen LogP contribution < -0.4 is 5.32 Å². The number of hydrogen-bond donors (Lipinski definition) is 6. The van der Waals surface area contributed by atoms with Crippen LogP contribution in [-0.2, 0) is 23.8 Å². The third-order valence-corrected chi connectivity index (χ3v) is 16.2. The lowest BCUT2D eigenvalue weighted by molar-refractivity contribution is -0.302. The first kappa shape index (κ1) is 76.6. The minimum Gasteiger partial charge on any atom is -0.466 e. The average Bonchev–Trinajstić information content (AvgIpc) is 3.47. The van der Waals surface area contributed by atoms with Gasteiger partial charge in [0.05, 0.1) is 32.0 Å². The highest BCUT2D eigenvalue weighted by Crippen LogP contribution is 2.23. The highest BCUT2D eigenvalue weighted by molar-refractivity contribution is 5.76. The molecule has 11 heteroatoms. The van der Waals surface area contributed by atoms with Crippen molar-refractivity contribution in [1.29, 1.82) is 0 Å². The summed E-state index contributed by atoms with van der Waals surface area (Å²) in [4.78, 5) is 25.1. The van der Waals surface area contributed by atoms with Gasteiger partial charge in [0.15, 0.2) is 6.29 Å². The Balaban J connectivity index is 1.95. The van der Waals surface area contributed by atoms with Crippen LogP contribution in [0.5, 0.6) is 0 Å². The molecule has 0 bridgehead atoms. The third kappa shape index (κ3) is 48.5. The van der Waals surface area contributed by atoms with Gasteiger partial charge < -0.3 is 45.1 Å². The van der Waals surface area contributed by atoms with Gasteiger partial charge in [-0.2, -0.15) is 0 Å². The van der Waals surface area contributed by atoms with Crippen LogP contribution in [0, 0.1) is 0 Å². The molecular formula is C70H129NO10. The second-order valence-corrected chi connectivity index (χ2v) is 23.9. The number of hydrogen-bond acceptors (Lipinski definition) is 10. The summed E-state index contributed by atoms with van der Waals surface area (Å²) in [5.74, 6) is -0.187. The number of nitrogens with one attached hydrogen (secondary N) is 1. The van der Waals surface area contributed by atoms with Crippen LogP contribution in [-0.4, -0.2) is 100 Å². The Hall–Kier alpha value is -2.38. The van der Waals surface area contributed by atoms with E-state index in [2.05, 4.69) is 55.6 Å². The number of esters is 1. The number of ether oxygens (including phenoxy) is 3. The van der Waals surface area contributed by atoms with Gasteiger partial charge in [0.25, 0.3) is 0 Å². The molecule has 1 fully saturated rings. The van der Waals surface area contributed by atoms with E-state index in [-0.39, 0.29) is 18.5 Å². The van der Waals surface area contributed by atoms with Gasteiger partial charge in [-0.05, 0) is 89.9 Å². The first-order valence-corrected chi connectivity index (χ1v) is 34.4. The molecule has 1 amide bonds. The monoisotopic (exact) mass is 1140 g/mol. The Morgan fingerprint density at radius 2 is 0.827 bits per heavy atom. The van der Waals surface area contributed by atoms with E-state index in [1.165, 1.54) is 231 Å². The van der Waals surface area contributed by atoms with Crippen molar-refractivity contribution in [3.05, 3.63) is 48.6 Å². The van der Waals surface area contributed by atoms with Gasteiger partial charge in [-0.25, -0.2) is 0 Å². The molecule has 0 aromatic rings. The van der Waals surface area contributed by atoms with Crippen molar-refractivity contribution >= 4 is 11.9 Å². The van der Waals surface area contributed by atoms with Gasteiger partial charge in [-0.1, -0.05) is 268 Å². The van der Waals surface area contributed by atoms with Crippen molar-refractivity contribution in [2.75, 3.05) is 19.8 Å². The van der Waals surface area contributed by atoms with Crippen LogP contribution in [0.15, 0.2) is 48.6 Å². The molecule has 474 valence electrons. The van der Waals surface area contributed by atoms with Gasteiger partial charge in [0.2, 0.25) is 5.91 Å². The molecule has 1 rings (SSSR count). The van der Waals surface area contributed by atoms with Crippen molar-refractivity contribution < 1.29 is 49.3 Å². The van der Waals surface area contributed by atoms with Gasteiger partial charge in [-0.3, -0.25) is 9.59 Å². The molecule has 1 heterocycles. The maximum Gasteiger partial charge on any atom is 0.305 e. The van der Waals surface area contributed by atoms with Crippen LogP contribution in [0.3, 0.4) is 0 Å². The highest BCUT2D eigenvalue weighted by atomic mass is 16.7. The van der Waals surface area contributed by atoms with E-state index in [0.717, 1.165) is 64.2 Å². The summed E-state index contributed by atoms with van der Waals surface area (Å²) in [6.45, 7) is 4.31. The summed E-state index contributed by atoms with van der Waals surface area (Å²) in [7, 11) is 0. The minimum absolute atomic E-state index is 0.00509. The lowest BCUT2D eigenvalue weighted by Gasteiger charge is -2.40. The number of carbonyl (C=O) groups excluding carboxylic acids is 2. The van der Waals surface area contributed by atoms with E-state index in [0.29, 0.717) is 19.4 Å². The van der Waals surface area contributed by atoms with Crippen LogP contribution in [0.25, 0.3) is 0 Å². The predicted molar refractivity (Wildman–Crippen MR) is 338 cm³/mol. The van der Waals surface area contributed by atoms with Crippen LogP contribution in [0.2, 0.25) is 0 Å². The van der Waals surface area contributed by atoms with Crippen molar-refractivity contribution in [1.82, 2.24) is 5.32 Å². The number of aliphatic hydroxyl groups is 5. The first-order valence-electron chi connectivity index (χ1n) is 34.4. The van der Waals surface area contributed by atoms with Crippen LogP contribution in [0.1, 0.15) is 322 Å². The lowest BCUT2D eigenvalue weighted by atomic mass is 9.99. The molecule has 0 saturated carbocycles. The fourth-order valence-electron chi connectivity index (χ4n) is 10.7. The molecule has 0 spiro atoms. The summed E-state index contributed by atoms with van der Waals surface area (Å²) in [5.41, 5.74) is 0. The van der Waals surface area contributed by atoms with Gasteiger partial charge in [0, 0.05) is 12.8 Å². The smallest absolute Gasteiger partial charge is 0.305 e. The summed E-state index contributed by atoms with van der Waals surface area (Å²) in [6, 6.07) is -0.809. The van der Waals surface area contributed by atoms with Gasteiger partial charge in [0.1, 0.15) is 24.4 Å². The normalized spacial score (nSPS) is 18.5. The fraction of sp³-hybridized carbons (Fsp3) is 0.857. The Bertz CT molecular complexity index is 1480. The third-order valence-electron chi connectivity index (χ3n) is 16.2. The number of rotatable bonds is 60. The minimum atomic E-state index is -1.57. The number of aliphatic hydroxyl groups excluding tert-OH is 5. The zero-order valence-electron chi connectivity index (χ0n) is 52.5. The number of unbranched alkanes of at least 4 members (excludes halogenated alkanes) is 40. The molecular weight excluding hydrogens is 1010 g/mol. The average molecular weight is 1140 g/mol. The molecule has 7 atom stereocenters. The summed E-state index contributed by atoms with van der Waals surface area (Å²) < 4.78 is 16.7. The van der Waals surface area contributed by atoms with E-state index < -0.39 is 49.5 Å². The topological polar surface area (TPSA) is 175 Å². The largest absolute Gasteiger partial charge is 0.466 e. The van der Waals surface area contributed by atoms with E-state index >= 15 is 0 Å². The Morgan fingerprint density at radius 3 is 1.28 bits per heavy atom. The molecule has 0 aliphatic carbocycles. The van der Waals surface area contributed by atoms with Crippen LogP contribution >= 0.6 is 0 Å². The molecule has 6 N–H and O–H groups in total. The summed E-state index contributed by atoms with van der Waals surface area (Å²) >= 11 is 0. The number of amides is 1. The molecule has 1 aliphatic heterocycles. The SMILES string of the molecule is CCCCC/C=C\CCCCCCCC(=O)OCCCCCCCCCCC/C=C\C/C=C\CCCCCCCCCCCCCCCCCC(=O)NC(COC1OC(CO)C(O)C(O)C1O)C(O)/C=C/CCCCCCCCCC. The maximum absolute atomic E-state index is 13.0. The summed E-state index contributed by atoms with van der Waals surface area (Å²) in [5, 5.41) is 54.3. The highest BCUT2D eigenvalue weighted by Gasteiger charge is 2.44. The number of carbonyl (C=O) groups is 2. The number of allylic oxidation sites excluding steroid dienone is 7. The Labute approximate surface area is 497 Å². The van der Waals surface area contributed by atoms with Crippen molar-refractivity contribution in [3.63, 3.8) is 0 Å². The second-order valence-electron chi connectivity index (χ2n) is 23.9. The van der Waals surface area contributed by atoms with Crippen LogP contribution in [0.4, 0.5) is 0 Å². The Kier molecular flexibility index (Phi) is 56.2. The predicted octanol–water partition coefficient (Wildman–Crippen LogP) is 17.2. The van der Waals surface area contributed by atoms with E-state index in [1.54, 1.807) is 6.08 Å². The zero-order chi connectivity index (χ0) is 58.7. The quantitative estimate of drug-likeness (QED) is 0.0195. The molecule has 11 nitrogen and oxygen atoms in total. The molecule has 1 aliphatic rings. The molecule has 81 heavy (non-hydrogen) atoms. The standard InChI is InChI=1S/C70H129NO10/c1-3-5-7-9-11-13-15-38-42-46-50-54-58-66(75)79-59-55-51-47-43-39-36-34-32-30-28-26-24-22-20-18-16-17-19-21-23-25-27-29-31-33-35-37-41-45-49-53-57-65(74)71-62(61-80-70-69(78)68(77)67(76)64(60-72)81-70)63(73)56-52-48-44-40-14-12-10-8-6-4-2/h11,13,18,20,24,26,52,56,62-64,67-70,72-73,76-78H,3-10,12,14-17,19,21-23,25,27-51,53-55,57-61H2,1-2H3,(H,71,74)/b13-11-,20-18-,26-24-,56-52+. The van der Waals surface area contributed by atoms with Gasteiger partial charge >= 0.3 is 5.97 Å². The second kappa shape index (κ2) is 59.4. The molecule has 0 aromatic heterocycles. The van der Waals surface area contributed by atoms with E-state index in [1.807, 2.05) is 6.08 Å². The lowest BCUT2D eigenvalue weighted by Crippen LogP contribution is -2.60. The van der Waals surface area contributed by atoms with Gasteiger partial charge in [-0.15, -0.1) is 0 Å². The zero-order valence-corrected chi connectivity index (χ0v) is 52.5. The van der Waals surface area contributed by atoms with E-state index in [9.17, 15) is 35.1 Å². The molecule has 0 aromatic carbocycles.